The summed E-state index contributed by atoms with van der Waals surface area (Å²) in [5, 5.41) is 10.1. The number of carbonyl (C=O) groups is 18. The fraction of sp³-hybridized carbons (Fsp3) is 0.607. The third-order valence-corrected chi connectivity index (χ3v) is 12.9. The highest BCUT2D eigenvalue weighted by Gasteiger charge is 2.51. The van der Waals surface area contributed by atoms with Crippen LogP contribution in [0, 0.1) is 5.41 Å². The Kier molecular flexibility index (Phi) is 38.5. The summed E-state index contributed by atoms with van der Waals surface area (Å²) >= 11 is 6.07. The van der Waals surface area contributed by atoms with Crippen LogP contribution >= 0.6 is 11.6 Å². The van der Waals surface area contributed by atoms with Crippen molar-refractivity contribution >= 4 is 119 Å². The highest BCUT2D eigenvalue weighted by Crippen LogP contribution is 2.26. The van der Waals surface area contributed by atoms with Gasteiger partial charge in [-0.25, -0.2) is 0 Å². The molecule has 1 aromatic carbocycles. The molecule has 0 saturated carbocycles. The van der Waals surface area contributed by atoms with E-state index in [4.69, 9.17) is 87.4 Å². The largest absolute Gasteiger partial charge is 0.478 e. The average Bonchev–Trinajstić information content (AvgIpc) is 0.823. The molecule has 1 aromatic rings. The van der Waals surface area contributed by atoms with Crippen LogP contribution in [0.25, 0.3) is 0 Å². The third kappa shape index (κ3) is 34.3. The van der Waals surface area contributed by atoms with E-state index in [1.54, 1.807) is 12.1 Å². The van der Waals surface area contributed by atoms with E-state index in [1.807, 2.05) is 0 Å². The molecule has 0 radical (unpaired) electrons. The minimum absolute atomic E-state index is 0.00740. The number of carbonyl (C=O) groups excluding carboxylic acids is 18. The van der Waals surface area contributed by atoms with Gasteiger partial charge in [-0.3, -0.25) is 91.6 Å². The summed E-state index contributed by atoms with van der Waals surface area (Å²) in [5.41, 5.74) is -1.71. The Morgan fingerprint density at radius 1 is 0.340 bits per heavy atom. The van der Waals surface area contributed by atoms with Crippen molar-refractivity contribution in [2.75, 3.05) is 52.7 Å². The van der Waals surface area contributed by atoms with Crippen LogP contribution in [0.15, 0.2) is 24.3 Å². The van der Waals surface area contributed by atoms with Crippen molar-refractivity contribution in [1.82, 2.24) is 21.3 Å². The number of ether oxygens (including phenoxy) is 16. The van der Waals surface area contributed by atoms with E-state index in [0.717, 1.165) is 104 Å². The first-order valence-electron chi connectivity index (χ1n) is 29.9. The van der Waals surface area contributed by atoms with E-state index in [2.05, 4.69) is 21.3 Å². The second kappa shape index (κ2) is 43.9. The van der Waals surface area contributed by atoms with Gasteiger partial charge in [-0.1, -0.05) is 12.1 Å². The molecule has 38 nitrogen and oxygen atoms in total. The van der Waals surface area contributed by atoms with E-state index >= 15 is 14.4 Å². The average molecular weight is 1450 g/mol. The summed E-state index contributed by atoms with van der Waals surface area (Å²) < 4.78 is 85.9. The lowest BCUT2D eigenvalue weighted by Crippen LogP contribution is -2.63. The molecule has 0 aliphatic heterocycles. The minimum Gasteiger partial charge on any atom is -0.478 e. The Bertz CT molecular complexity index is 2830. The molecule has 0 aromatic heterocycles. The second-order valence-electron chi connectivity index (χ2n) is 21.5. The fourth-order valence-electron chi connectivity index (χ4n) is 8.96. The molecule has 0 saturated heterocycles. The van der Waals surface area contributed by atoms with Crippen molar-refractivity contribution in [2.24, 2.45) is 5.41 Å². The summed E-state index contributed by atoms with van der Waals surface area (Å²) in [7, 11) is 0. The number of benzene rings is 1. The zero-order valence-electron chi connectivity index (χ0n) is 57.4. The minimum atomic E-state index is -2.55. The molecule has 12 unspecified atom stereocenters. The molecule has 1 rings (SSSR count). The van der Waals surface area contributed by atoms with Gasteiger partial charge < -0.3 is 91.7 Å². The van der Waals surface area contributed by atoms with E-state index in [0.29, 0.717) is 5.56 Å². The normalized spacial score (nSPS) is 14.9. The zero-order chi connectivity index (χ0) is 76.3. The van der Waals surface area contributed by atoms with Crippen LogP contribution < -0.4 is 26.0 Å². The van der Waals surface area contributed by atoms with Crippen molar-refractivity contribution in [3.8, 4) is 5.75 Å². The Balaban J connectivity index is 4.88. The summed E-state index contributed by atoms with van der Waals surface area (Å²) in [6.45, 7) is 5.00. The van der Waals surface area contributed by atoms with Gasteiger partial charge in [0.2, 0.25) is 18.3 Å². The summed E-state index contributed by atoms with van der Waals surface area (Å²) in [5.74, 6) is -22.4. The van der Waals surface area contributed by atoms with Gasteiger partial charge in [-0.05, 0) is 17.7 Å². The number of rotatable bonds is 42. The maximum Gasteiger partial charge on any atom is 0.303 e. The van der Waals surface area contributed by atoms with Crippen molar-refractivity contribution in [3.05, 3.63) is 29.8 Å². The lowest BCUT2D eigenvalue weighted by molar-refractivity contribution is -0.203. The second-order valence-corrected chi connectivity index (χ2v) is 21.8. The Hall–Kier alpha value is -10.3. The molecular weight excluding hydrogens is 1370 g/mol. The number of esters is 15. The monoisotopic (exact) mass is 1450 g/mol. The molecule has 12 atom stereocenters. The maximum atomic E-state index is 15.2. The van der Waals surface area contributed by atoms with Crippen molar-refractivity contribution in [3.63, 3.8) is 0 Å². The lowest BCUT2D eigenvalue weighted by atomic mass is 9.86. The smallest absolute Gasteiger partial charge is 0.303 e. The van der Waals surface area contributed by atoms with E-state index < -0.39 is 239 Å². The first kappa shape index (κ1) is 87.7. The van der Waals surface area contributed by atoms with Gasteiger partial charge in [-0.15, -0.1) is 11.6 Å². The highest BCUT2D eigenvalue weighted by atomic mass is 35.5. The molecule has 0 aliphatic rings. The molecule has 0 bridgehead atoms. The number of alkyl halides is 1. The van der Waals surface area contributed by atoms with Crippen LogP contribution in [0.2, 0.25) is 0 Å². The molecule has 100 heavy (non-hydrogen) atoms. The number of hydrogen-bond acceptors (Lipinski definition) is 35. The SMILES string of the molecule is CC(=O)OCC(OC(C)=O)C(OC(C)=O)C(OC(C)=O)C(OC(C)=O)C(=O)NCC(CNCOc1cccc(CCl)c1)(CNC(=O)C(OC(C)=O)C(OC(C)=O)C(OC(C)=O)C(COC(C)=O)OC(C)=O)CNC(=O)C(OC(C)=O)C(OC(C)=O)C(OC(C)=O)C(COC(C)=O)OC(C)=O. The lowest BCUT2D eigenvalue weighted by Gasteiger charge is -2.38. The molecule has 558 valence electrons. The molecule has 4 N–H and O–H groups in total. The fourth-order valence-corrected chi connectivity index (χ4v) is 9.12. The molecule has 0 fully saturated rings. The van der Waals surface area contributed by atoms with Crippen LogP contribution in [-0.4, -0.2) is 233 Å². The first-order chi connectivity index (χ1) is 46.6. The van der Waals surface area contributed by atoms with E-state index in [1.165, 1.54) is 12.1 Å². The molecule has 39 heteroatoms. The summed E-state index contributed by atoms with van der Waals surface area (Å²) in [6, 6.07) is 6.22. The molecule has 0 heterocycles. The van der Waals surface area contributed by atoms with Crippen LogP contribution in [0.1, 0.15) is 109 Å². The predicted octanol–water partition coefficient (Wildman–Crippen LogP) is -1.44. The first-order valence-corrected chi connectivity index (χ1v) is 30.4. The number of nitrogens with one attached hydrogen (secondary N) is 4. The quantitative estimate of drug-likeness (QED) is 0.0191. The van der Waals surface area contributed by atoms with Gasteiger partial charge in [0.15, 0.2) is 54.9 Å². The third-order valence-electron chi connectivity index (χ3n) is 12.5. The van der Waals surface area contributed by atoms with Gasteiger partial charge in [0.25, 0.3) is 17.7 Å². The Labute approximate surface area is 577 Å². The van der Waals surface area contributed by atoms with Gasteiger partial charge in [-0.2, -0.15) is 0 Å². The van der Waals surface area contributed by atoms with Crippen molar-refractivity contribution in [2.45, 2.75) is 183 Å². The van der Waals surface area contributed by atoms with E-state index in [-0.39, 0.29) is 11.6 Å². The zero-order valence-corrected chi connectivity index (χ0v) is 58.1. The van der Waals surface area contributed by atoms with Crippen LogP contribution in [0.5, 0.6) is 5.75 Å². The highest BCUT2D eigenvalue weighted by molar-refractivity contribution is 6.17. The topological polar surface area (TPSA) is 503 Å². The summed E-state index contributed by atoms with van der Waals surface area (Å²) in [4.78, 5) is 236. The Morgan fingerprint density at radius 3 is 0.840 bits per heavy atom. The van der Waals surface area contributed by atoms with Crippen molar-refractivity contribution in [1.29, 1.82) is 0 Å². The number of halogens is 1. The molecule has 0 aliphatic carbocycles. The van der Waals surface area contributed by atoms with Crippen molar-refractivity contribution < 1.29 is 162 Å². The van der Waals surface area contributed by atoms with Gasteiger partial charge >= 0.3 is 89.5 Å². The van der Waals surface area contributed by atoms with Crippen LogP contribution in [-0.2, 0) is 163 Å². The molecule has 3 amide bonds. The van der Waals surface area contributed by atoms with Gasteiger partial charge in [0.05, 0.1) is 0 Å². The molecular formula is C61H83ClN4O34. The standard InChI is InChI=1S/C61H83ClN4O34/c1-29(67)85-21-46(89-32(4)70)49(92-35(7)73)52(95-38(10)76)55(98-41(13)79)58(82)64-25-61(24-63-28-88-45-18-16-17-44(19-45)20-62,26-65-59(83)56(99-42(14)80)53(96-39(11)77)50(93-36(8)74)47(90-33(5)71)22-86-30(2)68)27-66-60(84)57(100-43(15)81)54(97-40(12)78)51(94-37(9)75)48(91-34(6)72)23-87-31(3)69/h16-19,46-57,63H,20-28H2,1-15H3,(H,64,82)(H,65,83)(H,66,84). The van der Waals surface area contributed by atoms with E-state index in [9.17, 15) is 71.9 Å². The predicted molar refractivity (Wildman–Crippen MR) is 328 cm³/mol. The number of amides is 3. The Morgan fingerprint density at radius 2 is 0.600 bits per heavy atom. The van der Waals surface area contributed by atoms with Crippen LogP contribution in [0.4, 0.5) is 0 Å². The van der Waals surface area contributed by atoms with Crippen LogP contribution in [0.3, 0.4) is 0 Å². The van der Waals surface area contributed by atoms with Gasteiger partial charge in [0, 0.05) is 141 Å². The number of hydrogen-bond donors (Lipinski definition) is 4. The molecule has 0 spiro atoms. The summed E-state index contributed by atoms with van der Waals surface area (Å²) in [6.07, 6.45) is -27.4. The van der Waals surface area contributed by atoms with Gasteiger partial charge in [0.1, 0.15) is 32.3 Å². The maximum absolute atomic E-state index is 15.2.